The fraction of sp³-hybridized carbons (Fsp3) is 0.571. The van der Waals surface area contributed by atoms with Crippen molar-refractivity contribution < 1.29 is 9.53 Å². The van der Waals surface area contributed by atoms with Crippen LogP contribution in [-0.2, 0) is 11.3 Å². The number of hydrogen-bond donors (Lipinski definition) is 0. The highest BCUT2D eigenvalue weighted by Crippen LogP contribution is 2.15. The number of rotatable bonds is 5. The molecule has 1 aromatic rings. The summed E-state index contributed by atoms with van der Waals surface area (Å²) in [7, 11) is 0. The zero-order valence-electron chi connectivity index (χ0n) is 12.1. The number of hydrogen-bond acceptors (Lipinski definition) is 4. The minimum atomic E-state index is -0.358. The van der Waals surface area contributed by atoms with E-state index in [1.54, 1.807) is 37.1 Å². The van der Waals surface area contributed by atoms with E-state index in [0.717, 1.165) is 0 Å². The van der Waals surface area contributed by atoms with E-state index in [4.69, 9.17) is 4.74 Å². The van der Waals surface area contributed by atoms with Gasteiger partial charge in [0.15, 0.2) is 0 Å². The molecule has 0 aliphatic carbocycles. The number of thioether (sulfide) groups is 1. The molecule has 0 amide bonds. The Balaban J connectivity index is 3.30. The van der Waals surface area contributed by atoms with Crippen molar-refractivity contribution in [2.75, 3.05) is 12.9 Å². The van der Waals surface area contributed by atoms with E-state index in [9.17, 15) is 9.59 Å². The molecular weight excluding hydrogens is 262 g/mol. The van der Waals surface area contributed by atoms with Crippen molar-refractivity contribution in [3.63, 3.8) is 0 Å². The van der Waals surface area contributed by atoms with Gasteiger partial charge >= 0.3 is 5.97 Å². The van der Waals surface area contributed by atoms with E-state index < -0.39 is 0 Å². The van der Waals surface area contributed by atoms with E-state index in [2.05, 4.69) is 6.92 Å². The van der Waals surface area contributed by atoms with Crippen molar-refractivity contribution in [1.82, 2.24) is 4.57 Å². The molecule has 0 saturated carbocycles. The number of ether oxygens (including phenoxy) is 1. The summed E-state index contributed by atoms with van der Waals surface area (Å²) < 4.78 is 6.71. The van der Waals surface area contributed by atoms with Crippen molar-refractivity contribution in [2.24, 2.45) is 0 Å². The molecule has 1 heterocycles. The fourth-order valence-corrected chi connectivity index (χ4v) is 2.29. The summed E-state index contributed by atoms with van der Waals surface area (Å²) >= 11 is 1.69. The minimum absolute atomic E-state index is 0.0658. The SMILES string of the molecule is CCOC(=O)c1c(C)cc(=O)n(CC(C)SC)c1C. The lowest BCUT2D eigenvalue weighted by Gasteiger charge is -2.17. The van der Waals surface area contributed by atoms with Crippen LogP contribution in [0.1, 0.15) is 35.5 Å². The molecule has 0 aliphatic heterocycles. The summed E-state index contributed by atoms with van der Waals surface area (Å²) in [6.45, 7) is 8.32. The molecule has 1 atom stereocenters. The Morgan fingerprint density at radius 3 is 2.63 bits per heavy atom. The Kier molecular flexibility index (Phi) is 5.66. The average molecular weight is 283 g/mol. The molecule has 19 heavy (non-hydrogen) atoms. The number of pyridine rings is 1. The van der Waals surface area contributed by atoms with Gasteiger partial charge in [-0.1, -0.05) is 6.92 Å². The third kappa shape index (κ3) is 3.62. The normalized spacial score (nSPS) is 12.3. The van der Waals surface area contributed by atoms with Crippen LogP contribution in [-0.4, -0.2) is 28.6 Å². The molecule has 0 N–H and O–H groups in total. The van der Waals surface area contributed by atoms with Gasteiger partial charge in [-0.3, -0.25) is 4.79 Å². The second-order valence-electron chi connectivity index (χ2n) is 4.50. The predicted molar refractivity (Wildman–Crippen MR) is 79.1 cm³/mol. The van der Waals surface area contributed by atoms with Gasteiger partial charge in [0.2, 0.25) is 0 Å². The third-order valence-electron chi connectivity index (χ3n) is 3.09. The Hall–Kier alpha value is -1.23. The summed E-state index contributed by atoms with van der Waals surface area (Å²) in [4.78, 5) is 24.0. The monoisotopic (exact) mass is 283 g/mol. The van der Waals surface area contributed by atoms with Gasteiger partial charge in [-0.05, 0) is 32.6 Å². The summed E-state index contributed by atoms with van der Waals surface area (Å²) in [5.74, 6) is -0.358. The molecule has 1 unspecified atom stereocenters. The summed E-state index contributed by atoms with van der Waals surface area (Å²) in [5.41, 5.74) is 1.80. The van der Waals surface area contributed by atoms with E-state index in [1.807, 2.05) is 6.26 Å². The number of carbonyl (C=O) groups is 1. The molecule has 0 radical (unpaired) electrons. The highest BCUT2D eigenvalue weighted by molar-refractivity contribution is 7.99. The molecule has 4 nitrogen and oxygen atoms in total. The smallest absolute Gasteiger partial charge is 0.340 e. The first-order valence-electron chi connectivity index (χ1n) is 6.33. The van der Waals surface area contributed by atoms with Gasteiger partial charge in [0.25, 0.3) is 5.56 Å². The van der Waals surface area contributed by atoms with E-state index in [-0.39, 0.29) is 11.5 Å². The first kappa shape index (κ1) is 15.8. The van der Waals surface area contributed by atoms with Crippen LogP contribution in [0, 0.1) is 13.8 Å². The van der Waals surface area contributed by atoms with Gasteiger partial charge in [-0.15, -0.1) is 0 Å². The van der Waals surface area contributed by atoms with Gasteiger partial charge in [0.1, 0.15) is 0 Å². The van der Waals surface area contributed by atoms with Gasteiger partial charge in [0.05, 0.1) is 12.2 Å². The van der Waals surface area contributed by atoms with Crippen LogP contribution < -0.4 is 5.56 Å². The quantitative estimate of drug-likeness (QED) is 0.779. The molecule has 106 valence electrons. The van der Waals surface area contributed by atoms with Crippen LogP contribution in [0.4, 0.5) is 0 Å². The minimum Gasteiger partial charge on any atom is -0.462 e. The Labute approximate surface area is 118 Å². The zero-order valence-corrected chi connectivity index (χ0v) is 13.0. The van der Waals surface area contributed by atoms with Crippen LogP contribution in [0.15, 0.2) is 10.9 Å². The lowest BCUT2D eigenvalue weighted by molar-refractivity contribution is 0.0523. The average Bonchev–Trinajstić information content (AvgIpc) is 2.34. The molecule has 0 saturated heterocycles. The highest BCUT2D eigenvalue weighted by atomic mass is 32.2. The Bertz CT molecular complexity index is 522. The molecule has 0 aromatic carbocycles. The van der Waals surface area contributed by atoms with Gasteiger partial charge in [0, 0.05) is 23.6 Å². The maximum atomic E-state index is 12.0. The van der Waals surface area contributed by atoms with Gasteiger partial charge in [-0.2, -0.15) is 11.8 Å². The Morgan fingerprint density at radius 1 is 1.47 bits per heavy atom. The second kappa shape index (κ2) is 6.80. The first-order chi connectivity index (χ1) is 8.92. The largest absolute Gasteiger partial charge is 0.462 e. The number of carbonyl (C=O) groups excluding carboxylic acids is 1. The zero-order chi connectivity index (χ0) is 14.6. The van der Waals surface area contributed by atoms with Gasteiger partial charge in [-0.25, -0.2) is 4.79 Å². The van der Waals surface area contributed by atoms with E-state index in [0.29, 0.717) is 35.2 Å². The lowest BCUT2D eigenvalue weighted by atomic mass is 10.1. The molecule has 0 aliphatic rings. The molecular formula is C14H21NO3S. The molecule has 1 aromatic heterocycles. The van der Waals surface area contributed by atoms with Crippen molar-refractivity contribution in [2.45, 2.75) is 39.5 Å². The van der Waals surface area contributed by atoms with Crippen LogP contribution >= 0.6 is 11.8 Å². The molecule has 0 spiro atoms. The number of aromatic nitrogens is 1. The number of nitrogens with zero attached hydrogens (tertiary/aromatic N) is 1. The maximum absolute atomic E-state index is 12.0. The molecule has 0 fully saturated rings. The van der Waals surface area contributed by atoms with Crippen LogP contribution in [0.5, 0.6) is 0 Å². The second-order valence-corrected chi connectivity index (χ2v) is 5.78. The highest BCUT2D eigenvalue weighted by Gasteiger charge is 2.18. The van der Waals surface area contributed by atoms with Crippen LogP contribution in [0.3, 0.4) is 0 Å². The molecule has 0 bridgehead atoms. The first-order valence-corrected chi connectivity index (χ1v) is 7.62. The lowest BCUT2D eigenvalue weighted by Crippen LogP contribution is -2.29. The van der Waals surface area contributed by atoms with Crippen molar-refractivity contribution in [1.29, 1.82) is 0 Å². The van der Waals surface area contributed by atoms with Crippen LogP contribution in [0.25, 0.3) is 0 Å². The topological polar surface area (TPSA) is 48.3 Å². The summed E-state index contributed by atoms with van der Waals surface area (Å²) in [6.07, 6.45) is 2.01. The van der Waals surface area contributed by atoms with Gasteiger partial charge < -0.3 is 9.30 Å². The summed E-state index contributed by atoms with van der Waals surface area (Å²) in [5, 5.41) is 0.314. The molecule has 1 rings (SSSR count). The van der Waals surface area contributed by atoms with E-state index in [1.165, 1.54) is 6.07 Å². The fourth-order valence-electron chi connectivity index (χ4n) is 1.99. The summed E-state index contributed by atoms with van der Waals surface area (Å²) in [6, 6.07) is 1.51. The van der Waals surface area contributed by atoms with Crippen LogP contribution in [0.2, 0.25) is 0 Å². The van der Waals surface area contributed by atoms with Crippen molar-refractivity contribution in [3.8, 4) is 0 Å². The Morgan fingerprint density at radius 2 is 2.11 bits per heavy atom. The predicted octanol–water partition coefficient (Wildman–Crippen LogP) is 2.39. The maximum Gasteiger partial charge on any atom is 0.340 e. The van der Waals surface area contributed by atoms with Crippen molar-refractivity contribution >= 4 is 17.7 Å². The third-order valence-corrected chi connectivity index (χ3v) is 4.04. The molecule has 5 heteroatoms. The number of esters is 1. The standard InChI is InChI=1S/C14H21NO3S/c1-6-18-14(17)13-9(2)7-12(16)15(11(13)4)8-10(3)19-5/h7,10H,6,8H2,1-5H3. The van der Waals surface area contributed by atoms with Crippen molar-refractivity contribution in [3.05, 3.63) is 33.2 Å². The number of aryl methyl sites for hydroxylation is 1. The van der Waals surface area contributed by atoms with E-state index >= 15 is 0 Å².